The molecule has 0 aliphatic heterocycles. The Bertz CT molecular complexity index is 465. The van der Waals surface area contributed by atoms with E-state index in [4.69, 9.17) is 9.63 Å². The number of nitrogens with zero attached hydrogens (tertiary/aromatic N) is 1. The first-order valence-corrected chi connectivity index (χ1v) is 6.53. The Balaban J connectivity index is 1.75. The van der Waals surface area contributed by atoms with E-state index in [1.165, 1.54) is 0 Å². The van der Waals surface area contributed by atoms with Crippen LogP contribution >= 0.6 is 0 Å². The van der Waals surface area contributed by atoms with Crippen LogP contribution in [0.3, 0.4) is 0 Å². The fourth-order valence-electron chi connectivity index (χ4n) is 1.79. The third-order valence-electron chi connectivity index (χ3n) is 3.20. The average molecular weight is 266 g/mol. The maximum absolute atomic E-state index is 11.8. The molecule has 1 aromatic heterocycles. The number of nitrogens with one attached hydrogen (secondary N) is 1. The molecule has 1 atom stereocenters. The molecule has 1 fully saturated rings. The van der Waals surface area contributed by atoms with Gasteiger partial charge in [-0.3, -0.25) is 9.59 Å². The Morgan fingerprint density at radius 2 is 2.32 bits per heavy atom. The summed E-state index contributed by atoms with van der Waals surface area (Å²) in [6, 6.07) is 1.69. The minimum Gasteiger partial charge on any atom is -0.481 e. The van der Waals surface area contributed by atoms with E-state index in [-0.39, 0.29) is 18.2 Å². The molecule has 0 spiro atoms. The number of amides is 1. The summed E-state index contributed by atoms with van der Waals surface area (Å²) < 4.78 is 5.11. The van der Waals surface area contributed by atoms with Crippen molar-refractivity contribution in [2.45, 2.75) is 38.5 Å². The van der Waals surface area contributed by atoms with Crippen LogP contribution in [0.1, 0.15) is 54.8 Å². The minimum absolute atomic E-state index is 0.118. The van der Waals surface area contributed by atoms with Gasteiger partial charge in [-0.25, -0.2) is 0 Å². The van der Waals surface area contributed by atoms with Crippen LogP contribution in [0.5, 0.6) is 0 Å². The Morgan fingerprint density at radius 3 is 2.95 bits per heavy atom. The second-order valence-electron chi connectivity index (χ2n) is 5.14. The van der Waals surface area contributed by atoms with Crippen LogP contribution in [0.15, 0.2) is 10.6 Å². The normalized spacial score (nSPS) is 16.1. The van der Waals surface area contributed by atoms with E-state index < -0.39 is 5.97 Å². The van der Waals surface area contributed by atoms with Gasteiger partial charge >= 0.3 is 5.97 Å². The van der Waals surface area contributed by atoms with Crippen LogP contribution < -0.4 is 5.32 Å². The molecule has 1 saturated carbocycles. The predicted octanol–water partition coefficient (Wildman–Crippen LogP) is 1.78. The number of rotatable bonds is 7. The second-order valence-corrected chi connectivity index (χ2v) is 5.14. The lowest BCUT2D eigenvalue weighted by Gasteiger charge is -2.10. The predicted molar refractivity (Wildman–Crippen MR) is 66.8 cm³/mol. The van der Waals surface area contributed by atoms with Crippen LogP contribution in [-0.2, 0) is 4.79 Å². The molecule has 6 nitrogen and oxygen atoms in total. The quantitative estimate of drug-likeness (QED) is 0.784. The number of aliphatic carboxylic acids is 1. The second kappa shape index (κ2) is 5.86. The fourth-order valence-corrected chi connectivity index (χ4v) is 1.79. The van der Waals surface area contributed by atoms with Crippen molar-refractivity contribution in [1.82, 2.24) is 10.5 Å². The van der Waals surface area contributed by atoms with Crippen molar-refractivity contribution < 1.29 is 19.2 Å². The number of carbonyl (C=O) groups excluding carboxylic acids is 1. The van der Waals surface area contributed by atoms with E-state index >= 15 is 0 Å². The van der Waals surface area contributed by atoms with Gasteiger partial charge < -0.3 is 14.9 Å². The van der Waals surface area contributed by atoms with Gasteiger partial charge in [0.05, 0.1) is 0 Å². The largest absolute Gasteiger partial charge is 0.481 e. The van der Waals surface area contributed by atoms with Gasteiger partial charge in [0, 0.05) is 24.9 Å². The van der Waals surface area contributed by atoms with Gasteiger partial charge in [-0.1, -0.05) is 12.1 Å². The zero-order valence-electron chi connectivity index (χ0n) is 10.9. The summed E-state index contributed by atoms with van der Waals surface area (Å²) in [5.41, 5.74) is 0.298. The number of carboxylic acids is 1. The molecule has 0 bridgehead atoms. The SMILES string of the molecule is CC(CCC(=O)O)CNC(=O)c1cc(C2CC2)on1. The molecule has 2 rings (SSSR count). The zero-order chi connectivity index (χ0) is 13.8. The lowest BCUT2D eigenvalue weighted by Crippen LogP contribution is -2.28. The third kappa shape index (κ3) is 4.08. The van der Waals surface area contributed by atoms with E-state index in [9.17, 15) is 9.59 Å². The molecule has 0 aromatic carbocycles. The maximum Gasteiger partial charge on any atom is 0.303 e. The number of aromatic nitrogens is 1. The molecular formula is C13H18N2O4. The van der Waals surface area contributed by atoms with Crippen molar-refractivity contribution in [3.8, 4) is 0 Å². The zero-order valence-corrected chi connectivity index (χ0v) is 10.9. The van der Waals surface area contributed by atoms with Crippen molar-refractivity contribution in [3.05, 3.63) is 17.5 Å². The first kappa shape index (κ1) is 13.6. The van der Waals surface area contributed by atoms with Gasteiger partial charge in [0.1, 0.15) is 5.76 Å². The van der Waals surface area contributed by atoms with Gasteiger partial charge in [-0.05, 0) is 25.2 Å². The molecule has 0 radical (unpaired) electrons. The first-order valence-electron chi connectivity index (χ1n) is 6.53. The Labute approximate surface area is 111 Å². The van der Waals surface area contributed by atoms with Crippen molar-refractivity contribution in [1.29, 1.82) is 0 Å². The standard InChI is InChI=1S/C13H18N2O4/c1-8(2-5-12(16)17)7-14-13(18)10-6-11(19-15-10)9-3-4-9/h6,8-9H,2-5,7H2,1H3,(H,14,18)(H,16,17). The van der Waals surface area contributed by atoms with Crippen LogP contribution in [-0.4, -0.2) is 28.7 Å². The van der Waals surface area contributed by atoms with Crippen LogP contribution in [0, 0.1) is 5.92 Å². The monoisotopic (exact) mass is 266 g/mol. The van der Waals surface area contributed by atoms with Crippen LogP contribution in [0.25, 0.3) is 0 Å². The molecule has 2 N–H and O–H groups in total. The summed E-state index contributed by atoms with van der Waals surface area (Å²) in [6.45, 7) is 2.35. The topological polar surface area (TPSA) is 92.4 Å². The number of hydrogen-bond acceptors (Lipinski definition) is 4. The molecule has 1 heterocycles. The highest BCUT2D eigenvalue weighted by Crippen LogP contribution is 2.40. The summed E-state index contributed by atoms with van der Waals surface area (Å²) in [5.74, 6) is 0.254. The average Bonchev–Trinajstić information content (AvgIpc) is 3.11. The molecule has 1 aromatic rings. The number of hydrogen-bond donors (Lipinski definition) is 2. The molecule has 1 aliphatic carbocycles. The summed E-state index contributed by atoms with van der Waals surface area (Å²) in [6.07, 6.45) is 2.86. The van der Waals surface area contributed by atoms with E-state index in [1.807, 2.05) is 6.92 Å². The molecular weight excluding hydrogens is 248 g/mol. The smallest absolute Gasteiger partial charge is 0.303 e. The fraction of sp³-hybridized carbons (Fsp3) is 0.615. The van der Waals surface area contributed by atoms with E-state index in [0.29, 0.717) is 24.6 Å². The van der Waals surface area contributed by atoms with Crippen LogP contribution in [0.4, 0.5) is 0 Å². The van der Waals surface area contributed by atoms with E-state index in [2.05, 4.69) is 10.5 Å². The Kier molecular flexibility index (Phi) is 4.19. The van der Waals surface area contributed by atoms with Crippen molar-refractivity contribution in [3.63, 3.8) is 0 Å². The van der Waals surface area contributed by atoms with Crippen molar-refractivity contribution in [2.24, 2.45) is 5.92 Å². The minimum atomic E-state index is -0.816. The number of carboxylic acid groups (broad SMARTS) is 1. The Morgan fingerprint density at radius 1 is 1.58 bits per heavy atom. The Hall–Kier alpha value is -1.85. The number of carbonyl (C=O) groups is 2. The van der Waals surface area contributed by atoms with Crippen molar-refractivity contribution in [2.75, 3.05) is 6.54 Å². The summed E-state index contributed by atoms with van der Waals surface area (Å²) in [4.78, 5) is 22.2. The van der Waals surface area contributed by atoms with Gasteiger partial charge in [-0.2, -0.15) is 0 Å². The lowest BCUT2D eigenvalue weighted by atomic mass is 10.1. The molecule has 0 saturated heterocycles. The molecule has 1 unspecified atom stereocenters. The van der Waals surface area contributed by atoms with Gasteiger partial charge in [0.15, 0.2) is 5.69 Å². The van der Waals surface area contributed by atoms with Gasteiger partial charge in [-0.15, -0.1) is 0 Å². The van der Waals surface area contributed by atoms with Crippen molar-refractivity contribution >= 4 is 11.9 Å². The highest BCUT2D eigenvalue weighted by Gasteiger charge is 2.28. The maximum atomic E-state index is 11.8. The van der Waals surface area contributed by atoms with Gasteiger partial charge in [0.2, 0.25) is 0 Å². The van der Waals surface area contributed by atoms with Gasteiger partial charge in [0.25, 0.3) is 5.91 Å². The third-order valence-corrected chi connectivity index (χ3v) is 3.20. The molecule has 104 valence electrons. The molecule has 19 heavy (non-hydrogen) atoms. The van der Waals surface area contributed by atoms with E-state index in [1.54, 1.807) is 6.07 Å². The lowest BCUT2D eigenvalue weighted by molar-refractivity contribution is -0.137. The first-order chi connectivity index (χ1) is 9.06. The summed E-state index contributed by atoms with van der Waals surface area (Å²) >= 11 is 0. The summed E-state index contributed by atoms with van der Waals surface area (Å²) in [5, 5.41) is 15.1. The molecule has 6 heteroatoms. The highest BCUT2D eigenvalue weighted by molar-refractivity contribution is 5.92. The van der Waals surface area contributed by atoms with E-state index in [0.717, 1.165) is 18.6 Å². The van der Waals surface area contributed by atoms with Crippen LogP contribution in [0.2, 0.25) is 0 Å². The molecule has 1 aliphatic rings. The molecule has 1 amide bonds. The highest BCUT2D eigenvalue weighted by atomic mass is 16.5. The summed E-state index contributed by atoms with van der Waals surface area (Å²) in [7, 11) is 0.